The number of rotatable bonds is 3. The number of halogens is 1. The molecule has 1 unspecified atom stereocenters. The highest BCUT2D eigenvalue weighted by molar-refractivity contribution is 6.47. The molecular weight excluding hydrogens is 298 g/mol. The molecule has 1 aliphatic heterocycles. The number of hydrogen-bond donors (Lipinski definition) is 4. The number of nitrogens with one attached hydrogen (secondary N) is 1. The molecule has 0 bridgehead atoms. The van der Waals surface area contributed by atoms with Gasteiger partial charge in [0.1, 0.15) is 5.75 Å². The zero-order valence-electron chi connectivity index (χ0n) is 11.2. The summed E-state index contributed by atoms with van der Waals surface area (Å²) >= 11 is 5.68. The molecule has 2 rings (SSSR count). The van der Waals surface area contributed by atoms with Gasteiger partial charge >= 0.3 is 13.1 Å². The number of carboxylic acids is 1. The van der Waals surface area contributed by atoms with Crippen LogP contribution in [0.1, 0.15) is 22.8 Å². The van der Waals surface area contributed by atoms with Crippen molar-refractivity contribution in [3.05, 3.63) is 29.3 Å². The van der Waals surface area contributed by atoms with Gasteiger partial charge in [0, 0.05) is 0 Å². The molecule has 2 atom stereocenters. The van der Waals surface area contributed by atoms with E-state index in [-0.39, 0.29) is 17.7 Å². The van der Waals surface area contributed by atoms with Gasteiger partial charge in [-0.15, -0.1) is 0 Å². The maximum atomic E-state index is 11.7. The lowest BCUT2D eigenvalue weighted by Crippen LogP contribution is -2.58. The molecule has 1 heterocycles. The molecule has 21 heavy (non-hydrogen) atoms. The van der Waals surface area contributed by atoms with Crippen LogP contribution in [-0.4, -0.2) is 40.1 Å². The van der Waals surface area contributed by atoms with Gasteiger partial charge < -0.3 is 25.8 Å². The number of carbonyl (C=O) groups excluding carboxylic acids is 1. The van der Waals surface area contributed by atoms with E-state index in [0.29, 0.717) is 5.56 Å². The van der Waals surface area contributed by atoms with Crippen LogP contribution < -0.4 is 15.7 Å². The molecule has 1 amide bonds. The number of alkyl halides is 1. The van der Waals surface area contributed by atoms with Crippen molar-refractivity contribution in [3.63, 3.8) is 0 Å². The smallest absolute Gasteiger partial charge is 0.534 e. The van der Waals surface area contributed by atoms with E-state index in [0.717, 1.165) is 0 Å². The van der Waals surface area contributed by atoms with Crippen LogP contribution >= 0.6 is 11.6 Å². The fraction of sp³-hybridized carbons (Fsp3) is 0.333. The van der Waals surface area contributed by atoms with Gasteiger partial charge in [-0.3, -0.25) is 4.79 Å². The maximum absolute atomic E-state index is 11.7. The van der Waals surface area contributed by atoms with E-state index in [9.17, 15) is 14.6 Å². The van der Waals surface area contributed by atoms with E-state index >= 15 is 0 Å². The zero-order chi connectivity index (χ0) is 15.8. The Morgan fingerprint density at radius 2 is 2.24 bits per heavy atom. The van der Waals surface area contributed by atoms with Crippen molar-refractivity contribution in [1.29, 1.82) is 0 Å². The second-order valence-electron chi connectivity index (χ2n) is 4.97. The van der Waals surface area contributed by atoms with Crippen LogP contribution in [0, 0.1) is 0 Å². The second kappa shape index (κ2) is 5.55. The van der Waals surface area contributed by atoms with Crippen molar-refractivity contribution < 1.29 is 24.4 Å². The minimum absolute atomic E-state index is 0.0441. The highest BCUT2D eigenvalue weighted by Crippen LogP contribution is 2.30. The minimum atomic E-state index is -1.61. The molecule has 7 nitrogen and oxygen atoms in total. The third kappa shape index (κ3) is 3.29. The third-order valence-corrected chi connectivity index (χ3v) is 3.28. The monoisotopic (exact) mass is 312 g/mol. The SMILES string of the molecule is CC(N)(Cl)C(=O)N[C@H]1Cc2cccc(C(=O)O)c2OB1O. The molecule has 0 saturated heterocycles. The molecule has 0 radical (unpaired) electrons. The van der Waals surface area contributed by atoms with E-state index in [1.807, 2.05) is 0 Å². The first kappa shape index (κ1) is 15.6. The summed E-state index contributed by atoms with van der Waals surface area (Å²) in [5.41, 5.74) is 5.98. The summed E-state index contributed by atoms with van der Waals surface area (Å²) in [7, 11) is -1.39. The Morgan fingerprint density at radius 3 is 2.81 bits per heavy atom. The Morgan fingerprint density at radius 1 is 1.57 bits per heavy atom. The number of carboxylic acid groups (broad SMARTS) is 1. The zero-order valence-corrected chi connectivity index (χ0v) is 11.9. The molecule has 0 fully saturated rings. The molecule has 0 spiro atoms. The highest BCUT2D eigenvalue weighted by atomic mass is 35.5. The number of amides is 1. The van der Waals surface area contributed by atoms with Crippen LogP contribution in [0.3, 0.4) is 0 Å². The number of benzene rings is 1. The lowest BCUT2D eigenvalue weighted by Gasteiger charge is -2.30. The molecular formula is C12H14BClN2O5. The van der Waals surface area contributed by atoms with Crippen LogP contribution in [0.25, 0.3) is 0 Å². The van der Waals surface area contributed by atoms with E-state index in [1.54, 1.807) is 12.1 Å². The number of nitrogens with two attached hydrogens (primary N) is 1. The van der Waals surface area contributed by atoms with Gasteiger partial charge in [-0.25, -0.2) is 4.79 Å². The van der Waals surface area contributed by atoms with E-state index in [2.05, 4.69) is 5.32 Å². The summed E-state index contributed by atoms with van der Waals surface area (Å²) < 4.78 is 5.23. The summed E-state index contributed by atoms with van der Waals surface area (Å²) in [4.78, 5) is 21.2. The Kier molecular flexibility index (Phi) is 4.13. The quantitative estimate of drug-likeness (QED) is 0.346. The summed E-state index contributed by atoms with van der Waals surface area (Å²) in [6.45, 7) is 1.32. The predicted molar refractivity (Wildman–Crippen MR) is 76.1 cm³/mol. The molecule has 0 aliphatic carbocycles. The number of fused-ring (bicyclic) bond motifs is 1. The second-order valence-corrected chi connectivity index (χ2v) is 5.75. The van der Waals surface area contributed by atoms with Gasteiger partial charge in [-0.2, -0.15) is 0 Å². The maximum Gasteiger partial charge on any atom is 0.547 e. The van der Waals surface area contributed by atoms with Crippen LogP contribution in [0.2, 0.25) is 0 Å². The molecule has 0 saturated carbocycles. The molecule has 0 aromatic heterocycles. The largest absolute Gasteiger partial charge is 0.547 e. The van der Waals surface area contributed by atoms with Gasteiger partial charge in [0.25, 0.3) is 5.91 Å². The Labute approximate surface area is 126 Å². The number of carbonyl (C=O) groups is 2. The molecule has 1 aliphatic rings. The molecule has 9 heteroatoms. The van der Waals surface area contributed by atoms with Crippen molar-refractivity contribution in [3.8, 4) is 5.75 Å². The third-order valence-electron chi connectivity index (χ3n) is 3.11. The Hall–Kier alpha value is -1.77. The molecule has 1 aromatic carbocycles. The van der Waals surface area contributed by atoms with Crippen molar-refractivity contribution in [2.45, 2.75) is 24.3 Å². The molecule has 112 valence electrons. The highest BCUT2D eigenvalue weighted by Gasteiger charge is 2.39. The van der Waals surface area contributed by atoms with Gasteiger partial charge in [0.05, 0.1) is 11.5 Å². The van der Waals surface area contributed by atoms with Gasteiger partial charge in [-0.05, 0) is 25.0 Å². The summed E-state index contributed by atoms with van der Waals surface area (Å²) in [6, 6.07) is 4.61. The summed E-state index contributed by atoms with van der Waals surface area (Å²) in [5.74, 6) is -2.48. The standard InChI is InChI=1S/C12H14BClN2O5/c1-12(14,15)11(19)16-8-5-6-3-2-4-7(10(17)18)9(6)21-13(8)20/h2-4,8,20H,5,15H2,1H3,(H,16,19)(H,17,18)/t8-,12?/m0/s1. The average Bonchev–Trinajstić information content (AvgIpc) is 2.37. The van der Waals surface area contributed by atoms with Gasteiger partial charge in [-0.1, -0.05) is 23.7 Å². The van der Waals surface area contributed by atoms with Crippen molar-refractivity contribution in [2.75, 3.05) is 0 Å². The van der Waals surface area contributed by atoms with Crippen molar-refractivity contribution >= 4 is 30.6 Å². The normalized spacial score (nSPS) is 20.0. The first-order valence-corrected chi connectivity index (χ1v) is 6.56. The Bertz CT molecular complexity index is 590. The molecule has 5 N–H and O–H groups in total. The fourth-order valence-electron chi connectivity index (χ4n) is 2.03. The van der Waals surface area contributed by atoms with Crippen molar-refractivity contribution in [1.82, 2.24) is 5.32 Å². The van der Waals surface area contributed by atoms with Crippen molar-refractivity contribution in [2.24, 2.45) is 5.73 Å². The molecule has 1 aromatic rings. The lowest BCUT2D eigenvalue weighted by atomic mass is 9.72. The van der Waals surface area contributed by atoms with Crippen LogP contribution in [0.15, 0.2) is 18.2 Å². The average molecular weight is 313 g/mol. The topological polar surface area (TPSA) is 122 Å². The van der Waals surface area contributed by atoms with E-state index < -0.39 is 29.9 Å². The fourth-order valence-corrected chi connectivity index (χ4v) is 2.08. The van der Waals surface area contributed by atoms with Gasteiger partial charge in [0.2, 0.25) is 0 Å². The minimum Gasteiger partial charge on any atom is -0.534 e. The van der Waals surface area contributed by atoms with E-state index in [4.69, 9.17) is 27.1 Å². The van der Waals surface area contributed by atoms with E-state index in [1.165, 1.54) is 13.0 Å². The summed E-state index contributed by atoms with van der Waals surface area (Å²) in [6.07, 6.45) is 0.205. The van der Waals surface area contributed by atoms with Crippen LogP contribution in [0.4, 0.5) is 0 Å². The van der Waals surface area contributed by atoms with Gasteiger partial charge in [0.15, 0.2) is 5.00 Å². The number of hydrogen-bond acceptors (Lipinski definition) is 5. The first-order valence-electron chi connectivity index (χ1n) is 6.19. The lowest BCUT2D eigenvalue weighted by molar-refractivity contribution is -0.123. The number of para-hydroxylation sites is 1. The first-order chi connectivity index (χ1) is 9.70. The van der Waals surface area contributed by atoms with Crippen LogP contribution in [0.5, 0.6) is 5.75 Å². The summed E-state index contributed by atoms with van der Waals surface area (Å²) in [5, 5.41) is 21.5. The van der Waals surface area contributed by atoms with Crippen LogP contribution in [-0.2, 0) is 11.2 Å². The predicted octanol–water partition coefficient (Wildman–Crippen LogP) is -0.262. The Balaban J connectivity index is 2.24. The number of aromatic carboxylic acids is 1.